The topological polar surface area (TPSA) is 37.3 Å². The van der Waals surface area contributed by atoms with Crippen molar-refractivity contribution in [1.82, 2.24) is 0 Å². The Morgan fingerprint density at radius 3 is 2.00 bits per heavy atom. The van der Waals surface area contributed by atoms with Crippen LogP contribution in [0.5, 0.6) is 0 Å². The minimum Gasteiger partial charge on any atom is -0.381 e. The lowest BCUT2D eigenvalue weighted by atomic mass is 9.84. The molecular formula is C9H12O2. The summed E-state index contributed by atoms with van der Waals surface area (Å²) in [7, 11) is 0. The highest BCUT2D eigenvalue weighted by atomic mass is 16.3. The number of allylic oxidation sites excluding steroid dienone is 2. The molecule has 0 aliphatic heterocycles. The summed E-state index contributed by atoms with van der Waals surface area (Å²) in [5.41, 5.74) is 0.499. The Hall–Kier alpha value is -0.890. The minimum atomic E-state index is -0.923. The van der Waals surface area contributed by atoms with Gasteiger partial charge in [0.15, 0.2) is 5.78 Å². The van der Waals surface area contributed by atoms with Crippen molar-refractivity contribution in [1.29, 1.82) is 0 Å². The number of carbonyl (C=O) groups excluding carboxylic acids is 1. The van der Waals surface area contributed by atoms with E-state index in [1.165, 1.54) is 12.2 Å². The number of carbonyl (C=O) groups is 1. The van der Waals surface area contributed by atoms with E-state index in [4.69, 9.17) is 0 Å². The van der Waals surface area contributed by atoms with Crippen LogP contribution in [0.1, 0.15) is 20.8 Å². The van der Waals surface area contributed by atoms with Crippen molar-refractivity contribution in [2.45, 2.75) is 26.4 Å². The summed E-state index contributed by atoms with van der Waals surface area (Å²) < 4.78 is 0. The lowest BCUT2D eigenvalue weighted by Crippen LogP contribution is -2.30. The second kappa shape index (κ2) is 2.31. The molecular weight excluding hydrogens is 140 g/mol. The van der Waals surface area contributed by atoms with Crippen molar-refractivity contribution in [3.05, 3.63) is 23.3 Å². The zero-order chi connectivity index (χ0) is 8.65. The third-order valence-corrected chi connectivity index (χ3v) is 2.25. The monoisotopic (exact) mass is 152 g/mol. The zero-order valence-corrected chi connectivity index (χ0v) is 7.01. The summed E-state index contributed by atoms with van der Waals surface area (Å²) >= 11 is 0. The van der Waals surface area contributed by atoms with Crippen LogP contribution in [0.2, 0.25) is 0 Å². The van der Waals surface area contributed by atoms with Gasteiger partial charge in [-0.3, -0.25) is 4.79 Å². The number of hydrogen-bond donors (Lipinski definition) is 1. The van der Waals surface area contributed by atoms with E-state index in [-0.39, 0.29) is 5.78 Å². The number of hydrogen-bond acceptors (Lipinski definition) is 2. The van der Waals surface area contributed by atoms with Crippen molar-refractivity contribution < 1.29 is 9.90 Å². The van der Waals surface area contributed by atoms with Gasteiger partial charge >= 0.3 is 0 Å². The molecule has 0 spiro atoms. The molecule has 0 saturated heterocycles. The summed E-state index contributed by atoms with van der Waals surface area (Å²) in [5.74, 6) is -0.0356. The average molecular weight is 152 g/mol. The molecule has 2 nitrogen and oxygen atoms in total. The number of ketones is 1. The fourth-order valence-corrected chi connectivity index (χ4v) is 1.06. The normalized spacial score (nSPS) is 22.7. The van der Waals surface area contributed by atoms with Crippen molar-refractivity contribution in [3.63, 3.8) is 0 Å². The molecule has 0 unspecified atom stereocenters. The van der Waals surface area contributed by atoms with Gasteiger partial charge in [-0.1, -0.05) is 0 Å². The Bertz CT molecular complexity index is 233. The van der Waals surface area contributed by atoms with E-state index < -0.39 is 5.60 Å². The Balaban J connectivity index is 3.11. The lowest BCUT2D eigenvalue weighted by molar-refractivity contribution is -0.110. The number of aliphatic hydroxyl groups is 1. The molecule has 0 aromatic rings. The molecule has 0 amide bonds. The van der Waals surface area contributed by atoms with Gasteiger partial charge in [0.1, 0.15) is 5.60 Å². The third-order valence-electron chi connectivity index (χ3n) is 2.25. The molecule has 2 heteroatoms. The van der Waals surface area contributed by atoms with Crippen LogP contribution in [0.15, 0.2) is 23.3 Å². The molecule has 0 aromatic carbocycles. The molecule has 11 heavy (non-hydrogen) atoms. The van der Waals surface area contributed by atoms with Crippen LogP contribution < -0.4 is 0 Å². The van der Waals surface area contributed by atoms with Crippen LogP contribution in [-0.4, -0.2) is 16.5 Å². The van der Waals surface area contributed by atoms with Gasteiger partial charge in [0.2, 0.25) is 0 Å². The predicted molar refractivity (Wildman–Crippen MR) is 43.1 cm³/mol. The maximum absolute atomic E-state index is 10.9. The van der Waals surface area contributed by atoms with Crippen molar-refractivity contribution in [2.24, 2.45) is 0 Å². The van der Waals surface area contributed by atoms with Crippen LogP contribution in [0.4, 0.5) is 0 Å². The summed E-state index contributed by atoms with van der Waals surface area (Å²) in [6, 6.07) is 0. The molecule has 1 aliphatic carbocycles. The molecule has 1 aliphatic rings. The Morgan fingerprint density at radius 1 is 1.27 bits per heavy atom. The van der Waals surface area contributed by atoms with E-state index in [9.17, 15) is 9.90 Å². The fraction of sp³-hybridized carbons (Fsp3) is 0.444. The fourth-order valence-electron chi connectivity index (χ4n) is 1.06. The Morgan fingerprint density at radius 2 is 1.64 bits per heavy atom. The van der Waals surface area contributed by atoms with Gasteiger partial charge < -0.3 is 5.11 Å². The maximum Gasteiger partial charge on any atom is 0.178 e. The molecule has 0 aromatic heterocycles. The predicted octanol–water partition coefficient (Wildman–Crippen LogP) is 1.21. The van der Waals surface area contributed by atoms with E-state index in [0.717, 1.165) is 0 Å². The first-order valence-electron chi connectivity index (χ1n) is 3.58. The highest BCUT2D eigenvalue weighted by Crippen LogP contribution is 2.27. The third kappa shape index (κ3) is 1.26. The molecule has 0 radical (unpaired) electrons. The molecule has 0 heterocycles. The number of rotatable bonds is 0. The summed E-state index contributed by atoms with van der Waals surface area (Å²) in [5, 5.41) is 9.74. The Labute approximate surface area is 66.2 Å². The first-order chi connectivity index (χ1) is 4.94. The first kappa shape index (κ1) is 8.21. The average Bonchev–Trinajstić information content (AvgIpc) is 1.84. The molecule has 0 saturated carbocycles. The standard InChI is InChI=1S/C9H12O2/c1-6-4-8(10)5-7(2)9(6,3)11/h4-5,11H,1-3H3. The lowest BCUT2D eigenvalue weighted by Gasteiger charge is -2.27. The summed E-state index contributed by atoms with van der Waals surface area (Å²) in [6.45, 7) is 5.21. The molecule has 0 atom stereocenters. The largest absolute Gasteiger partial charge is 0.381 e. The SMILES string of the molecule is CC1=CC(=O)C=C(C)C1(C)O. The van der Waals surface area contributed by atoms with Gasteiger partial charge in [0.25, 0.3) is 0 Å². The maximum atomic E-state index is 10.9. The quantitative estimate of drug-likeness (QED) is 0.566. The van der Waals surface area contributed by atoms with Crippen LogP contribution >= 0.6 is 0 Å². The smallest absolute Gasteiger partial charge is 0.178 e. The van der Waals surface area contributed by atoms with Crippen molar-refractivity contribution >= 4 is 5.78 Å². The van der Waals surface area contributed by atoms with Crippen LogP contribution in [-0.2, 0) is 4.79 Å². The van der Waals surface area contributed by atoms with Gasteiger partial charge in [0.05, 0.1) is 0 Å². The Kier molecular flexibility index (Phi) is 1.72. The van der Waals surface area contributed by atoms with E-state index in [2.05, 4.69) is 0 Å². The molecule has 1 rings (SSSR count). The van der Waals surface area contributed by atoms with Gasteiger partial charge in [-0.25, -0.2) is 0 Å². The van der Waals surface area contributed by atoms with Crippen molar-refractivity contribution in [2.75, 3.05) is 0 Å². The highest BCUT2D eigenvalue weighted by Gasteiger charge is 2.28. The van der Waals surface area contributed by atoms with Gasteiger partial charge in [-0.15, -0.1) is 0 Å². The van der Waals surface area contributed by atoms with Crippen LogP contribution in [0, 0.1) is 0 Å². The zero-order valence-electron chi connectivity index (χ0n) is 7.01. The van der Waals surface area contributed by atoms with E-state index >= 15 is 0 Å². The van der Waals surface area contributed by atoms with E-state index in [1.807, 2.05) is 0 Å². The molecule has 0 fully saturated rings. The molecule has 1 N–H and O–H groups in total. The second-order valence-corrected chi connectivity index (χ2v) is 3.13. The molecule has 60 valence electrons. The van der Waals surface area contributed by atoms with Crippen LogP contribution in [0.25, 0.3) is 0 Å². The van der Waals surface area contributed by atoms with Gasteiger partial charge in [-0.2, -0.15) is 0 Å². The first-order valence-corrected chi connectivity index (χ1v) is 3.58. The summed E-state index contributed by atoms with van der Waals surface area (Å²) in [4.78, 5) is 10.9. The van der Waals surface area contributed by atoms with Gasteiger partial charge in [-0.05, 0) is 44.1 Å². The van der Waals surface area contributed by atoms with Crippen molar-refractivity contribution in [3.8, 4) is 0 Å². The van der Waals surface area contributed by atoms with Crippen LogP contribution in [0.3, 0.4) is 0 Å². The van der Waals surface area contributed by atoms with E-state index in [0.29, 0.717) is 11.1 Å². The second-order valence-electron chi connectivity index (χ2n) is 3.13. The van der Waals surface area contributed by atoms with E-state index in [1.54, 1.807) is 20.8 Å². The van der Waals surface area contributed by atoms with Gasteiger partial charge in [0, 0.05) is 0 Å². The molecule has 0 bridgehead atoms. The minimum absolute atomic E-state index is 0.0356. The highest BCUT2D eigenvalue weighted by molar-refractivity contribution is 6.02. The summed E-state index contributed by atoms with van der Waals surface area (Å²) in [6.07, 6.45) is 2.93.